The molecule has 2 amide bonds. The van der Waals surface area contributed by atoms with E-state index < -0.39 is 0 Å². The van der Waals surface area contributed by atoms with Crippen LogP contribution in [0.25, 0.3) is 0 Å². The molecule has 2 fully saturated rings. The predicted octanol–water partition coefficient (Wildman–Crippen LogP) is 3.49. The van der Waals surface area contributed by atoms with Gasteiger partial charge in [0.05, 0.1) is 19.4 Å². The van der Waals surface area contributed by atoms with Crippen molar-refractivity contribution in [2.24, 2.45) is 0 Å². The highest BCUT2D eigenvalue weighted by Crippen LogP contribution is 2.30. The first-order valence-electron chi connectivity index (χ1n) is 11.8. The number of ether oxygens (including phenoxy) is 1. The number of thioether (sulfide) groups is 1. The molecule has 2 aromatic rings. The van der Waals surface area contributed by atoms with E-state index in [1.54, 1.807) is 7.11 Å². The fourth-order valence-electron chi connectivity index (χ4n) is 4.18. The SMILES string of the molecule is CCn1c(CN2CCCCCC2=O)nnc1SCC(=O)N(Cc1ccc(OC)cc1)C1CC1. The number of likely N-dealkylation sites (tertiary alicyclic amines) is 1. The van der Waals surface area contributed by atoms with Crippen LogP contribution in [0.15, 0.2) is 29.4 Å². The predicted molar refractivity (Wildman–Crippen MR) is 127 cm³/mol. The zero-order valence-electron chi connectivity index (χ0n) is 19.5. The zero-order chi connectivity index (χ0) is 23.2. The van der Waals surface area contributed by atoms with Crippen molar-refractivity contribution < 1.29 is 14.3 Å². The van der Waals surface area contributed by atoms with Crippen LogP contribution in [0.2, 0.25) is 0 Å². The van der Waals surface area contributed by atoms with E-state index in [0.29, 0.717) is 37.8 Å². The summed E-state index contributed by atoms with van der Waals surface area (Å²) in [6.45, 7) is 4.62. The Kier molecular flexibility index (Phi) is 7.90. The van der Waals surface area contributed by atoms with Gasteiger partial charge in [-0.1, -0.05) is 30.3 Å². The Labute approximate surface area is 199 Å². The van der Waals surface area contributed by atoms with Crippen LogP contribution in [0.5, 0.6) is 5.75 Å². The minimum Gasteiger partial charge on any atom is -0.497 e. The van der Waals surface area contributed by atoms with Crippen LogP contribution in [0.3, 0.4) is 0 Å². The Morgan fingerprint density at radius 2 is 1.97 bits per heavy atom. The fraction of sp³-hybridized carbons (Fsp3) is 0.583. The summed E-state index contributed by atoms with van der Waals surface area (Å²) in [6, 6.07) is 8.21. The maximum Gasteiger partial charge on any atom is 0.233 e. The molecule has 0 bridgehead atoms. The Bertz CT molecular complexity index is 958. The van der Waals surface area contributed by atoms with Gasteiger partial charge >= 0.3 is 0 Å². The Morgan fingerprint density at radius 1 is 1.18 bits per heavy atom. The van der Waals surface area contributed by atoms with Gasteiger partial charge in [0, 0.05) is 32.1 Å². The molecule has 2 aliphatic rings. The molecule has 4 rings (SSSR count). The summed E-state index contributed by atoms with van der Waals surface area (Å²) >= 11 is 1.43. The number of carbonyl (C=O) groups is 2. The van der Waals surface area contributed by atoms with E-state index >= 15 is 0 Å². The topological polar surface area (TPSA) is 80.6 Å². The first-order valence-corrected chi connectivity index (χ1v) is 12.8. The van der Waals surface area contributed by atoms with E-state index in [0.717, 1.165) is 60.9 Å². The molecular weight excluding hydrogens is 438 g/mol. The lowest BCUT2D eigenvalue weighted by atomic mass is 10.2. The van der Waals surface area contributed by atoms with Gasteiger partial charge < -0.3 is 19.1 Å². The summed E-state index contributed by atoms with van der Waals surface area (Å²) in [6.07, 6.45) is 5.83. The van der Waals surface area contributed by atoms with E-state index in [1.165, 1.54) is 11.8 Å². The molecule has 9 heteroatoms. The Morgan fingerprint density at radius 3 is 2.67 bits per heavy atom. The van der Waals surface area contributed by atoms with E-state index in [2.05, 4.69) is 10.2 Å². The normalized spacial score (nSPS) is 16.5. The van der Waals surface area contributed by atoms with Gasteiger partial charge in [0.1, 0.15) is 5.75 Å². The third-order valence-electron chi connectivity index (χ3n) is 6.26. The van der Waals surface area contributed by atoms with Crippen molar-refractivity contribution in [3.05, 3.63) is 35.7 Å². The molecule has 33 heavy (non-hydrogen) atoms. The molecule has 1 aromatic heterocycles. The van der Waals surface area contributed by atoms with Crippen LogP contribution in [0.1, 0.15) is 56.8 Å². The number of benzene rings is 1. The first kappa shape index (κ1) is 23.6. The van der Waals surface area contributed by atoms with Crippen molar-refractivity contribution in [2.75, 3.05) is 19.4 Å². The summed E-state index contributed by atoms with van der Waals surface area (Å²) < 4.78 is 7.26. The molecule has 0 spiro atoms. The van der Waals surface area contributed by atoms with Crippen molar-refractivity contribution >= 4 is 23.6 Å². The molecule has 1 saturated carbocycles. The molecule has 178 valence electrons. The second-order valence-corrected chi connectivity index (χ2v) is 9.60. The smallest absolute Gasteiger partial charge is 0.233 e. The molecule has 1 aliphatic heterocycles. The monoisotopic (exact) mass is 471 g/mol. The second kappa shape index (κ2) is 11.0. The third kappa shape index (κ3) is 6.07. The minimum atomic E-state index is 0.119. The summed E-state index contributed by atoms with van der Waals surface area (Å²) in [4.78, 5) is 29.4. The van der Waals surface area contributed by atoms with Crippen LogP contribution in [0, 0.1) is 0 Å². The van der Waals surface area contributed by atoms with Crippen molar-refractivity contribution in [3.8, 4) is 5.75 Å². The Hall–Kier alpha value is -2.55. The maximum atomic E-state index is 13.1. The molecule has 2 heterocycles. The lowest BCUT2D eigenvalue weighted by Gasteiger charge is -2.23. The van der Waals surface area contributed by atoms with E-state index in [9.17, 15) is 9.59 Å². The maximum absolute atomic E-state index is 13.1. The van der Waals surface area contributed by atoms with Crippen LogP contribution in [-0.4, -0.2) is 61.8 Å². The number of amides is 2. The van der Waals surface area contributed by atoms with Crippen LogP contribution >= 0.6 is 11.8 Å². The molecule has 0 atom stereocenters. The van der Waals surface area contributed by atoms with Crippen molar-refractivity contribution in [3.63, 3.8) is 0 Å². The summed E-state index contributed by atoms with van der Waals surface area (Å²) in [5.41, 5.74) is 1.10. The van der Waals surface area contributed by atoms with E-state index in [4.69, 9.17) is 4.74 Å². The lowest BCUT2D eigenvalue weighted by molar-refractivity contribution is -0.131. The fourth-order valence-corrected chi connectivity index (χ4v) is 5.09. The average Bonchev–Trinajstić information content (AvgIpc) is 3.63. The van der Waals surface area contributed by atoms with Gasteiger partial charge in [-0.15, -0.1) is 10.2 Å². The lowest BCUT2D eigenvalue weighted by Crippen LogP contribution is -2.34. The number of aromatic nitrogens is 3. The first-order chi connectivity index (χ1) is 16.1. The highest BCUT2D eigenvalue weighted by Gasteiger charge is 2.32. The molecule has 1 aliphatic carbocycles. The number of hydrogen-bond acceptors (Lipinski definition) is 6. The van der Waals surface area contributed by atoms with E-state index in [-0.39, 0.29) is 11.8 Å². The van der Waals surface area contributed by atoms with Gasteiger partial charge in [0.25, 0.3) is 0 Å². The summed E-state index contributed by atoms with van der Waals surface area (Å²) in [5.74, 6) is 2.25. The quantitative estimate of drug-likeness (QED) is 0.494. The zero-order valence-corrected chi connectivity index (χ0v) is 20.4. The van der Waals surface area contributed by atoms with Gasteiger partial charge in [-0.3, -0.25) is 9.59 Å². The average molecular weight is 472 g/mol. The largest absolute Gasteiger partial charge is 0.497 e. The van der Waals surface area contributed by atoms with Gasteiger partial charge in [-0.05, 0) is 50.3 Å². The van der Waals surface area contributed by atoms with Gasteiger partial charge in [-0.25, -0.2) is 0 Å². The van der Waals surface area contributed by atoms with Crippen LogP contribution in [0.4, 0.5) is 0 Å². The molecule has 0 unspecified atom stereocenters. The summed E-state index contributed by atoms with van der Waals surface area (Å²) in [5, 5.41) is 9.45. The van der Waals surface area contributed by atoms with Crippen molar-refractivity contribution in [1.29, 1.82) is 0 Å². The van der Waals surface area contributed by atoms with Crippen molar-refractivity contribution in [1.82, 2.24) is 24.6 Å². The Balaban J connectivity index is 1.37. The molecule has 1 aromatic carbocycles. The molecular formula is C24H33N5O3S. The van der Waals surface area contributed by atoms with Crippen molar-refractivity contribution in [2.45, 2.75) is 76.3 Å². The number of methoxy groups -OCH3 is 1. The molecule has 0 radical (unpaired) electrons. The number of nitrogens with zero attached hydrogens (tertiary/aromatic N) is 5. The number of rotatable bonds is 10. The van der Waals surface area contributed by atoms with E-state index in [1.807, 2.05) is 45.6 Å². The number of carbonyl (C=O) groups excluding carboxylic acids is 2. The third-order valence-corrected chi connectivity index (χ3v) is 7.21. The highest BCUT2D eigenvalue weighted by atomic mass is 32.2. The molecule has 0 N–H and O–H groups in total. The van der Waals surface area contributed by atoms with Crippen LogP contribution in [-0.2, 0) is 29.2 Å². The molecule has 8 nitrogen and oxygen atoms in total. The van der Waals surface area contributed by atoms with Gasteiger partial charge in [0.2, 0.25) is 11.8 Å². The standard InChI is InChI=1S/C24H33N5O3S/c1-3-28-21(16-27-14-6-4-5-7-22(27)30)25-26-24(28)33-17-23(31)29(19-10-11-19)15-18-8-12-20(32-2)13-9-18/h8-9,12-13,19H,3-7,10-11,14-17H2,1-2H3. The highest BCUT2D eigenvalue weighted by molar-refractivity contribution is 7.99. The number of hydrogen-bond donors (Lipinski definition) is 0. The van der Waals surface area contributed by atoms with Crippen LogP contribution < -0.4 is 4.74 Å². The van der Waals surface area contributed by atoms with Gasteiger partial charge in [0.15, 0.2) is 11.0 Å². The minimum absolute atomic E-state index is 0.119. The summed E-state index contributed by atoms with van der Waals surface area (Å²) in [7, 11) is 1.65. The second-order valence-electron chi connectivity index (χ2n) is 8.66. The van der Waals surface area contributed by atoms with Gasteiger partial charge in [-0.2, -0.15) is 0 Å². The molecule has 1 saturated heterocycles.